The Balaban J connectivity index is -0.0000000800. The van der Waals surface area contributed by atoms with E-state index in [1.807, 2.05) is 0 Å². The van der Waals surface area contributed by atoms with Crippen LogP contribution < -0.4 is 0 Å². The van der Waals surface area contributed by atoms with E-state index in [4.69, 9.17) is 28.0 Å². The molecule has 0 aliphatic heterocycles. The molecule has 0 aliphatic carbocycles. The van der Waals surface area contributed by atoms with Crippen molar-refractivity contribution >= 4 is 10.4 Å². The Morgan fingerprint density at radius 2 is 1.22 bits per heavy atom. The smallest absolute Gasteiger partial charge is 0.759 e. The maximum absolute atomic E-state index is 8.52. The molecule has 0 radical (unpaired) electrons. The summed E-state index contributed by atoms with van der Waals surface area (Å²) in [5.41, 5.74) is 0. The first-order chi connectivity index (χ1) is 3.41. The second kappa shape index (κ2) is 8.27. The van der Waals surface area contributed by atoms with Crippen molar-refractivity contribution in [1.82, 2.24) is 0 Å². The quantitative estimate of drug-likeness (QED) is 0.162. The van der Waals surface area contributed by atoms with Gasteiger partial charge in [-0.15, -0.1) is 0 Å². The van der Waals surface area contributed by atoms with Crippen LogP contribution in [0, 0.1) is 0 Å². The van der Waals surface area contributed by atoms with Gasteiger partial charge in [-0.05, 0) is 0 Å². The number of rotatable bonds is 0. The standard InChI is InChI=1S/Fe.H2O4S.H2O3/c;1-5(2,3)4;1-3-2/h;(H2,1,2,3,4);1-2H/q+2;;/p-2. The van der Waals surface area contributed by atoms with Crippen molar-refractivity contribution < 1.29 is 50.1 Å². The molecule has 0 amide bonds. The fourth-order valence-corrected chi connectivity index (χ4v) is 0. The van der Waals surface area contributed by atoms with Gasteiger partial charge in [0.05, 0.1) is 0 Å². The number of hydrogen-bond donors (Lipinski definition) is 2. The van der Waals surface area contributed by atoms with Crippen LogP contribution in [0.15, 0.2) is 0 Å². The maximum Gasteiger partial charge on any atom is 2.00 e. The fourth-order valence-electron chi connectivity index (χ4n) is 0. The average Bonchev–Trinajstić information content (AvgIpc) is 1.27. The van der Waals surface area contributed by atoms with E-state index in [0.717, 1.165) is 0 Å². The summed E-state index contributed by atoms with van der Waals surface area (Å²) in [6.07, 6.45) is 0. The van der Waals surface area contributed by atoms with Crippen LogP contribution in [0.1, 0.15) is 0 Å². The third-order valence-electron chi connectivity index (χ3n) is 0. The van der Waals surface area contributed by atoms with Gasteiger partial charge in [-0.1, -0.05) is 5.04 Å². The molecule has 9 heavy (non-hydrogen) atoms. The van der Waals surface area contributed by atoms with Crippen LogP contribution in [0.4, 0.5) is 0 Å². The van der Waals surface area contributed by atoms with E-state index >= 15 is 0 Å². The molecule has 0 spiro atoms. The molecule has 0 heterocycles. The van der Waals surface area contributed by atoms with Crippen LogP contribution >= 0.6 is 0 Å². The zero-order chi connectivity index (χ0) is 7.21. The summed E-state index contributed by atoms with van der Waals surface area (Å²) in [6, 6.07) is 0. The fraction of sp³-hybridized carbons (Fsp3) is 0. The van der Waals surface area contributed by atoms with Gasteiger partial charge in [-0.3, -0.25) is 8.42 Å². The molecule has 0 saturated heterocycles. The number of hydrogen-bond acceptors (Lipinski definition) is 7. The van der Waals surface area contributed by atoms with Gasteiger partial charge in [0.2, 0.25) is 0 Å². The second-order valence-electron chi connectivity index (χ2n) is 0.490. The molecule has 2 N–H and O–H groups in total. The van der Waals surface area contributed by atoms with Gasteiger partial charge in [0.1, 0.15) is 0 Å². The van der Waals surface area contributed by atoms with Gasteiger partial charge in [-0.2, -0.15) is 0 Å². The monoisotopic (exact) mass is 202 g/mol. The van der Waals surface area contributed by atoms with Crippen LogP contribution in [0.25, 0.3) is 0 Å². The maximum atomic E-state index is 8.52. The summed E-state index contributed by atoms with van der Waals surface area (Å²) >= 11 is 0. The minimum absolute atomic E-state index is 0. The Morgan fingerprint density at radius 3 is 1.22 bits per heavy atom. The summed E-state index contributed by atoms with van der Waals surface area (Å²) in [4.78, 5) is 0. The van der Waals surface area contributed by atoms with E-state index in [2.05, 4.69) is 5.04 Å². The van der Waals surface area contributed by atoms with Gasteiger partial charge >= 0.3 is 17.1 Å². The zero-order valence-corrected chi connectivity index (χ0v) is 5.62. The van der Waals surface area contributed by atoms with Crippen molar-refractivity contribution in [2.24, 2.45) is 0 Å². The normalized spacial score (nSPS) is 8.44. The molecule has 0 aliphatic rings. The SMILES string of the molecule is O=S(=O)([O-])[O-].OOO.[Fe+2]. The predicted molar refractivity (Wildman–Crippen MR) is 16.8 cm³/mol. The molecule has 0 bridgehead atoms. The average molecular weight is 202 g/mol. The van der Waals surface area contributed by atoms with Gasteiger partial charge in [-0.25, -0.2) is 10.5 Å². The van der Waals surface area contributed by atoms with Crippen molar-refractivity contribution in [3.05, 3.63) is 0 Å². The first kappa shape index (κ1) is 16.1. The van der Waals surface area contributed by atoms with Crippen LogP contribution in [-0.4, -0.2) is 28.0 Å². The minimum Gasteiger partial charge on any atom is -0.759 e. The Hall–Kier alpha value is 0.269. The Morgan fingerprint density at radius 1 is 1.22 bits per heavy atom. The predicted octanol–water partition coefficient (Wildman–Crippen LogP) is -1.39. The molecule has 7 nitrogen and oxygen atoms in total. The van der Waals surface area contributed by atoms with Crippen LogP contribution in [-0.2, 0) is 32.5 Å². The summed E-state index contributed by atoms with van der Waals surface area (Å²) in [6.45, 7) is 0. The summed E-state index contributed by atoms with van der Waals surface area (Å²) in [5, 5.41) is 15.5. The third-order valence-corrected chi connectivity index (χ3v) is 0. The summed E-state index contributed by atoms with van der Waals surface area (Å²) in [5.74, 6) is 0. The topological polar surface area (TPSA) is 130 Å². The third kappa shape index (κ3) is 4480. The molecule has 0 fully saturated rings. The van der Waals surface area contributed by atoms with Gasteiger partial charge < -0.3 is 9.11 Å². The van der Waals surface area contributed by atoms with Crippen LogP contribution in [0.5, 0.6) is 0 Å². The van der Waals surface area contributed by atoms with Crippen molar-refractivity contribution in [3.8, 4) is 0 Å². The van der Waals surface area contributed by atoms with Crippen molar-refractivity contribution in [2.45, 2.75) is 0 Å². The van der Waals surface area contributed by atoms with E-state index in [-0.39, 0.29) is 17.1 Å². The largest absolute Gasteiger partial charge is 2.00 e. The molecule has 0 aromatic heterocycles. The van der Waals surface area contributed by atoms with E-state index < -0.39 is 10.4 Å². The van der Waals surface area contributed by atoms with Crippen molar-refractivity contribution in [3.63, 3.8) is 0 Å². The molecule has 9 heteroatoms. The zero-order valence-electron chi connectivity index (χ0n) is 3.70. The molecule has 0 aromatic rings. The van der Waals surface area contributed by atoms with Gasteiger partial charge in [0.25, 0.3) is 0 Å². The Bertz CT molecular complexity index is 103. The molecular formula is H2FeO7S. The minimum atomic E-state index is -5.17. The first-order valence-electron chi connectivity index (χ1n) is 1.03. The van der Waals surface area contributed by atoms with E-state index in [1.165, 1.54) is 0 Å². The van der Waals surface area contributed by atoms with Gasteiger partial charge in [0.15, 0.2) is 0 Å². The summed E-state index contributed by atoms with van der Waals surface area (Å²) in [7, 11) is -5.17. The molecule has 0 aromatic carbocycles. The molecule has 0 rings (SSSR count). The molecule has 0 saturated carbocycles. The first-order valence-corrected chi connectivity index (χ1v) is 2.37. The molecule has 58 valence electrons. The second-order valence-corrected chi connectivity index (χ2v) is 1.31. The van der Waals surface area contributed by atoms with Crippen LogP contribution in [0.2, 0.25) is 0 Å². The molecular weight excluding hydrogens is 200 g/mol. The van der Waals surface area contributed by atoms with Crippen LogP contribution in [0.3, 0.4) is 0 Å². The van der Waals surface area contributed by atoms with Crippen molar-refractivity contribution in [1.29, 1.82) is 0 Å². The van der Waals surface area contributed by atoms with E-state index in [9.17, 15) is 0 Å². The summed E-state index contributed by atoms with van der Waals surface area (Å²) < 4.78 is 34.1. The Kier molecular flexibility index (Phi) is 14.8. The van der Waals surface area contributed by atoms with Crippen molar-refractivity contribution in [2.75, 3.05) is 0 Å². The Labute approximate surface area is 61.2 Å². The molecule has 0 unspecified atom stereocenters. The van der Waals surface area contributed by atoms with Gasteiger partial charge in [0, 0.05) is 10.4 Å². The van der Waals surface area contributed by atoms with E-state index in [0.29, 0.717) is 0 Å². The molecule has 0 atom stereocenters. The van der Waals surface area contributed by atoms with E-state index in [1.54, 1.807) is 0 Å².